The summed E-state index contributed by atoms with van der Waals surface area (Å²) in [6.45, 7) is 7.38. The third-order valence-electron chi connectivity index (χ3n) is 6.98. The maximum Gasteiger partial charge on any atom is 0.0782 e. The van der Waals surface area contributed by atoms with Crippen molar-refractivity contribution in [1.29, 1.82) is 0 Å². The van der Waals surface area contributed by atoms with Gasteiger partial charge in [-0.2, -0.15) is 0 Å². The monoisotopic (exact) mass is 424 g/mol. The summed E-state index contributed by atoms with van der Waals surface area (Å²) in [7, 11) is 4.90. The third kappa shape index (κ3) is 24.2. The van der Waals surface area contributed by atoms with Crippen LogP contribution in [-0.4, -0.2) is 31.7 Å². The first-order valence-electron chi connectivity index (χ1n) is 14.4. The van der Waals surface area contributed by atoms with E-state index < -0.39 is 0 Å². The van der Waals surface area contributed by atoms with Crippen molar-refractivity contribution in [2.75, 3.05) is 27.2 Å². The lowest BCUT2D eigenvalue weighted by atomic mass is 10.0. The largest absolute Gasteiger partial charge is 0.328 e. The van der Waals surface area contributed by atoms with E-state index in [0.29, 0.717) is 0 Å². The molecule has 0 saturated carbocycles. The van der Waals surface area contributed by atoms with Gasteiger partial charge in [-0.25, -0.2) is 0 Å². The summed E-state index contributed by atoms with van der Waals surface area (Å²) in [6, 6.07) is 0. The van der Waals surface area contributed by atoms with Crippen LogP contribution >= 0.6 is 0 Å². The standard InChI is InChI=1S/C29H62N/c1-5-7-9-11-13-15-16-17-18-19-21-23-25-27-29-30(3,4)28-26-24-22-20-14-12-10-8-6-2/h5-29H2,1-4H3/q+1. The molecule has 0 aliphatic heterocycles. The van der Waals surface area contributed by atoms with Gasteiger partial charge >= 0.3 is 0 Å². The molecule has 0 unspecified atom stereocenters. The maximum absolute atomic E-state index is 2.45. The van der Waals surface area contributed by atoms with Crippen LogP contribution in [0.3, 0.4) is 0 Å². The molecule has 0 heterocycles. The Labute approximate surface area is 193 Å². The molecule has 0 rings (SSSR count). The first-order valence-corrected chi connectivity index (χ1v) is 14.4. The summed E-state index contributed by atoms with van der Waals surface area (Å²) in [5.41, 5.74) is 0. The van der Waals surface area contributed by atoms with Crippen LogP contribution in [0, 0.1) is 0 Å². The minimum absolute atomic E-state index is 1.24. The topological polar surface area (TPSA) is 0 Å². The minimum Gasteiger partial charge on any atom is -0.328 e. The molecule has 0 radical (unpaired) electrons. The van der Waals surface area contributed by atoms with E-state index >= 15 is 0 Å². The highest BCUT2D eigenvalue weighted by molar-refractivity contribution is 4.50. The molecule has 0 atom stereocenters. The van der Waals surface area contributed by atoms with Gasteiger partial charge in [-0.15, -0.1) is 0 Å². The Morgan fingerprint density at radius 3 is 0.733 bits per heavy atom. The van der Waals surface area contributed by atoms with Gasteiger partial charge in [0.05, 0.1) is 27.2 Å². The molecule has 0 aromatic heterocycles. The van der Waals surface area contributed by atoms with Crippen LogP contribution in [0.25, 0.3) is 0 Å². The highest BCUT2D eigenvalue weighted by Gasteiger charge is 2.13. The Morgan fingerprint density at radius 1 is 0.300 bits per heavy atom. The third-order valence-corrected chi connectivity index (χ3v) is 6.98. The first kappa shape index (κ1) is 30.0. The van der Waals surface area contributed by atoms with Crippen LogP contribution < -0.4 is 0 Å². The Hall–Kier alpha value is -0.0400. The van der Waals surface area contributed by atoms with E-state index in [1.165, 1.54) is 165 Å². The predicted octanol–water partition coefficient (Wildman–Crippen LogP) is 10.1. The van der Waals surface area contributed by atoms with Gasteiger partial charge in [0.1, 0.15) is 0 Å². The van der Waals surface area contributed by atoms with Crippen molar-refractivity contribution in [2.24, 2.45) is 0 Å². The fourth-order valence-electron chi connectivity index (χ4n) is 4.70. The van der Waals surface area contributed by atoms with Crippen molar-refractivity contribution >= 4 is 0 Å². The zero-order valence-electron chi connectivity index (χ0n) is 22.1. The van der Waals surface area contributed by atoms with Crippen molar-refractivity contribution in [3.63, 3.8) is 0 Å². The van der Waals surface area contributed by atoms with Crippen molar-refractivity contribution in [3.8, 4) is 0 Å². The summed E-state index contributed by atoms with van der Waals surface area (Å²) in [5, 5.41) is 0. The Kier molecular flexibility index (Phi) is 23.6. The van der Waals surface area contributed by atoms with E-state index in [1.807, 2.05) is 0 Å². The minimum atomic E-state index is 1.24. The molecule has 0 aliphatic carbocycles. The normalized spacial score (nSPS) is 12.0. The second-order valence-corrected chi connectivity index (χ2v) is 10.8. The SMILES string of the molecule is CCCCCCCCCCCCCCCC[N+](C)(C)CCCCCCCCCCC. The molecule has 0 bridgehead atoms. The van der Waals surface area contributed by atoms with E-state index in [-0.39, 0.29) is 0 Å². The molecule has 0 saturated heterocycles. The van der Waals surface area contributed by atoms with E-state index in [0.717, 1.165) is 0 Å². The van der Waals surface area contributed by atoms with Gasteiger partial charge in [-0.1, -0.05) is 136 Å². The van der Waals surface area contributed by atoms with Crippen LogP contribution in [0.15, 0.2) is 0 Å². The second-order valence-electron chi connectivity index (χ2n) is 10.8. The summed E-state index contributed by atoms with van der Waals surface area (Å²) < 4.78 is 1.24. The summed E-state index contributed by atoms with van der Waals surface area (Å²) in [6.07, 6.45) is 33.5. The number of rotatable bonds is 25. The quantitative estimate of drug-likeness (QED) is 0.101. The zero-order valence-corrected chi connectivity index (χ0v) is 22.1. The smallest absolute Gasteiger partial charge is 0.0782 e. The molecule has 1 heteroatoms. The number of nitrogens with zero attached hydrogens (tertiary/aromatic N) is 1. The Bertz CT molecular complexity index is 309. The van der Waals surface area contributed by atoms with Crippen LogP contribution in [0.1, 0.15) is 162 Å². The van der Waals surface area contributed by atoms with Gasteiger partial charge in [-0.3, -0.25) is 0 Å². The number of hydrogen-bond donors (Lipinski definition) is 0. The highest BCUT2D eigenvalue weighted by atomic mass is 15.3. The summed E-state index contributed by atoms with van der Waals surface area (Å²) in [5.74, 6) is 0. The molecule has 0 spiro atoms. The summed E-state index contributed by atoms with van der Waals surface area (Å²) in [4.78, 5) is 0. The number of hydrogen-bond acceptors (Lipinski definition) is 0. The van der Waals surface area contributed by atoms with E-state index in [1.54, 1.807) is 0 Å². The predicted molar refractivity (Wildman–Crippen MR) is 139 cm³/mol. The Balaban J connectivity index is 3.28. The molecular weight excluding hydrogens is 362 g/mol. The van der Waals surface area contributed by atoms with Crippen LogP contribution in [0.5, 0.6) is 0 Å². The average Bonchev–Trinajstić information content (AvgIpc) is 2.72. The molecule has 0 fully saturated rings. The molecular formula is C29H62N+. The van der Waals surface area contributed by atoms with Crippen LogP contribution in [0.4, 0.5) is 0 Å². The van der Waals surface area contributed by atoms with Crippen molar-refractivity contribution < 1.29 is 4.48 Å². The lowest BCUT2D eigenvalue weighted by Crippen LogP contribution is -2.41. The van der Waals surface area contributed by atoms with Gasteiger partial charge in [0, 0.05) is 0 Å². The fourth-order valence-corrected chi connectivity index (χ4v) is 4.70. The molecule has 182 valence electrons. The molecule has 0 aliphatic rings. The van der Waals surface area contributed by atoms with Crippen molar-refractivity contribution in [2.45, 2.75) is 162 Å². The van der Waals surface area contributed by atoms with Gasteiger partial charge in [-0.05, 0) is 25.7 Å². The van der Waals surface area contributed by atoms with E-state index in [4.69, 9.17) is 0 Å². The van der Waals surface area contributed by atoms with Crippen LogP contribution in [0.2, 0.25) is 0 Å². The molecule has 0 aromatic rings. The van der Waals surface area contributed by atoms with Gasteiger partial charge in [0.25, 0.3) is 0 Å². The molecule has 30 heavy (non-hydrogen) atoms. The van der Waals surface area contributed by atoms with Gasteiger partial charge < -0.3 is 4.48 Å². The maximum atomic E-state index is 2.45. The lowest BCUT2D eigenvalue weighted by molar-refractivity contribution is -0.890. The number of quaternary nitrogens is 1. The molecule has 1 nitrogen and oxygen atoms in total. The number of unbranched alkanes of at least 4 members (excludes halogenated alkanes) is 21. The first-order chi connectivity index (χ1) is 14.6. The lowest BCUT2D eigenvalue weighted by Gasteiger charge is -2.30. The second kappa shape index (κ2) is 23.6. The van der Waals surface area contributed by atoms with Gasteiger partial charge in [0.15, 0.2) is 0 Å². The highest BCUT2D eigenvalue weighted by Crippen LogP contribution is 2.14. The van der Waals surface area contributed by atoms with E-state index in [2.05, 4.69) is 27.9 Å². The zero-order chi connectivity index (χ0) is 22.2. The average molecular weight is 425 g/mol. The molecule has 0 amide bonds. The summed E-state index contributed by atoms with van der Waals surface area (Å²) >= 11 is 0. The Morgan fingerprint density at radius 2 is 0.500 bits per heavy atom. The molecule has 0 aromatic carbocycles. The van der Waals surface area contributed by atoms with Crippen molar-refractivity contribution in [1.82, 2.24) is 0 Å². The van der Waals surface area contributed by atoms with Crippen molar-refractivity contribution in [3.05, 3.63) is 0 Å². The fraction of sp³-hybridized carbons (Fsp3) is 1.00. The van der Waals surface area contributed by atoms with E-state index in [9.17, 15) is 0 Å². The van der Waals surface area contributed by atoms with Gasteiger partial charge in [0.2, 0.25) is 0 Å². The molecule has 0 N–H and O–H groups in total. The van der Waals surface area contributed by atoms with Crippen LogP contribution in [-0.2, 0) is 0 Å².